The van der Waals surface area contributed by atoms with Gasteiger partial charge in [0.2, 0.25) is 0 Å². The summed E-state index contributed by atoms with van der Waals surface area (Å²) in [6.07, 6.45) is 1.76. The summed E-state index contributed by atoms with van der Waals surface area (Å²) in [6, 6.07) is 5.69. The Morgan fingerprint density at radius 1 is 1.21 bits per heavy atom. The van der Waals surface area contributed by atoms with Gasteiger partial charge in [-0.2, -0.15) is 0 Å². The number of rotatable bonds is 5. The van der Waals surface area contributed by atoms with Gasteiger partial charge in [0.05, 0.1) is 5.41 Å². The number of fused-ring (bicyclic) bond motifs is 1. The molecule has 0 fully saturated rings. The molecule has 1 aliphatic heterocycles. The quantitative estimate of drug-likeness (QED) is 0.888. The van der Waals surface area contributed by atoms with Crippen LogP contribution in [0.5, 0.6) is 11.5 Å². The van der Waals surface area contributed by atoms with Crippen LogP contribution in [-0.4, -0.2) is 24.3 Å². The standard InChI is InChI=1S/C15H20O4/c1-3-15(4-2,14(16)17)10-11-5-6-12-13(9-11)19-8-7-18-12/h5-6,9H,3-4,7-8,10H2,1-2H3,(H,16,17). The topological polar surface area (TPSA) is 55.8 Å². The summed E-state index contributed by atoms with van der Waals surface area (Å²) in [7, 11) is 0. The van der Waals surface area contributed by atoms with Crippen LogP contribution in [-0.2, 0) is 11.2 Å². The Balaban J connectivity index is 2.25. The minimum atomic E-state index is -0.729. The highest BCUT2D eigenvalue weighted by Gasteiger charge is 2.35. The molecule has 1 aliphatic rings. The number of aliphatic carboxylic acids is 1. The molecule has 1 aromatic carbocycles. The fourth-order valence-corrected chi connectivity index (χ4v) is 2.47. The summed E-state index contributed by atoms with van der Waals surface area (Å²) in [5.41, 5.74) is 0.291. The lowest BCUT2D eigenvalue weighted by atomic mass is 9.77. The zero-order valence-corrected chi connectivity index (χ0v) is 11.4. The first kappa shape index (κ1) is 13.7. The smallest absolute Gasteiger partial charge is 0.309 e. The molecule has 1 heterocycles. The van der Waals surface area contributed by atoms with Gasteiger partial charge in [0.15, 0.2) is 11.5 Å². The van der Waals surface area contributed by atoms with E-state index < -0.39 is 11.4 Å². The molecule has 0 unspecified atom stereocenters. The van der Waals surface area contributed by atoms with Crippen molar-refractivity contribution < 1.29 is 19.4 Å². The van der Waals surface area contributed by atoms with Crippen LogP contribution in [0, 0.1) is 5.41 Å². The highest BCUT2D eigenvalue weighted by atomic mass is 16.6. The minimum absolute atomic E-state index is 0.520. The van der Waals surface area contributed by atoms with Gasteiger partial charge in [-0.05, 0) is 37.0 Å². The summed E-state index contributed by atoms with van der Waals surface area (Å²) >= 11 is 0. The molecule has 0 aromatic heterocycles. The van der Waals surface area contributed by atoms with Crippen LogP contribution in [0.2, 0.25) is 0 Å². The number of carboxylic acid groups (broad SMARTS) is 1. The van der Waals surface area contributed by atoms with E-state index in [0.717, 1.165) is 17.1 Å². The van der Waals surface area contributed by atoms with Gasteiger partial charge in [-0.3, -0.25) is 4.79 Å². The summed E-state index contributed by atoms with van der Waals surface area (Å²) in [5.74, 6) is 0.728. The zero-order valence-electron chi connectivity index (χ0n) is 11.4. The number of carbonyl (C=O) groups is 1. The second-order valence-corrected chi connectivity index (χ2v) is 4.95. The second-order valence-electron chi connectivity index (χ2n) is 4.95. The highest BCUT2D eigenvalue weighted by Crippen LogP contribution is 2.36. The molecule has 0 radical (unpaired) electrons. The fourth-order valence-electron chi connectivity index (χ4n) is 2.47. The van der Waals surface area contributed by atoms with E-state index in [1.807, 2.05) is 32.0 Å². The molecule has 4 nitrogen and oxygen atoms in total. The molecule has 0 amide bonds. The summed E-state index contributed by atoms with van der Waals surface area (Å²) in [4.78, 5) is 11.5. The van der Waals surface area contributed by atoms with Gasteiger partial charge in [0, 0.05) is 0 Å². The van der Waals surface area contributed by atoms with E-state index in [1.54, 1.807) is 0 Å². The maximum atomic E-state index is 11.5. The molecule has 0 bridgehead atoms. The van der Waals surface area contributed by atoms with Crippen molar-refractivity contribution in [1.29, 1.82) is 0 Å². The number of hydrogen-bond acceptors (Lipinski definition) is 3. The Morgan fingerprint density at radius 2 is 1.84 bits per heavy atom. The third-order valence-electron chi connectivity index (χ3n) is 3.96. The lowest BCUT2D eigenvalue weighted by molar-refractivity contribution is -0.149. The Labute approximate surface area is 113 Å². The van der Waals surface area contributed by atoms with Crippen LogP contribution in [0.25, 0.3) is 0 Å². The molecular formula is C15H20O4. The van der Waals surface area contributed by atoms with Crippen LogP contribution >= 0.6 is 0 Å². The molecule has 1 N–H and O–H groups in total. The minimum Gasteiger partial charge on any atom is -0.486 e. The molecule has 0 saturated heterocycles. The molecular weight excluding hydrogens is 244 g/mol. The fraction of sp³-hybridized carbons (Fsp3) is 0.533. The number of benzene rings is 1. The molecule has 0 atom stereocenters. The van der Waals surface area contributed by atoms with Gasteiger partial charge in [-0.15, -0.1) is 0 Å². The van der Waals surface area contributed by atoms with Crippen LogP contribution in [0.15, 0.2) is 18.2 Å². The molecule has 4 heteroatoms. The second kappa shape index (κ2) is 5.51. The van der Waals surface area contributed by atoms with Gasteiger partial charge >= 0.3 is 5.97 Å². The first-order valence-corrected chi connectivity index (χ1v) is 6.73. The third kappa shape index (κ3) is 2.67. The van der Waals surface area contributed by atoms with E-state index in [1.165, 1.54) is 0 Å². The lowest BCUT2D eigenvalue weighted by Gasteiger charge is -2.27. The van der Waals surface area contributed by atoms with Crippen molar-refractivity contribution in [3.05, 3.63) is 23.8 Å². The molecule has 0 aliphatic carbocycles. The largest absolute Gasteiger partial charge is 0.486 e. The average Bonchev–Trinajstić information content (AvgIpc) is 2.44. The summed E-state index contributed by atoms with van der Waals surface area (Å²) in [5, 5.41) is 9.47. The van der Waals surface area contributed by atoms with Crippen molar-refractivity contribution in [3.8, 4) is 11.5 Å². The molecule has 2 rings (SSSR count). The van der Waals surface area contributed by atoms with Crippen molar-refractivity contribution in [3.63, 3.8) is 0 Å². The zero-order chi connectivity index (χ0) is 13.9. The average molecular weight is 264 g/mol. The summed E-state index contributed by atoms with van der Waals surface area (Å²) in [6.45, 7) is 4.96. The molecule has 0 spiro atoms. The Morgan fingerprint density at radius 3 is 2.42 bits per heavy atom. The van der Waals surface area contributed by atoms with Crippen LogP contribution in [0.4, 0.5) is 0 Å². The van der Waals surface area contributed by atoms with Gasteiger partial charge < -0.3 is 14.6 Å². The number of carboxylic acids is 1. The van der Waals surface area contributed by atoms with Crippen molar-refractivity contribution in [1.82, 2.24) is 0 Å². The van der Waals surface area contributed by atoms with E-state index in [2.05, 4.69) is 0 Å². The first-order valence-electron chi connectivity index (χ1n) is 6.73. The van der Waals surface area contributed by atoms with Crippen LogP contribution in [0.1, 0.15) is 32.3 Å². The van der Waals surface area contributed by atoms with Gasteiger partial charge in [0.1, 0.15) is 13.2 Å². The monoisotopic (exact) mass is 264 g/mol. The maximum Gasteiger partial charge on any atom is 0.309 e. The predicted octanol–water partition coefficient (Wildman–Crippen LogP) is 2.89. The SMILES string of the molecule is CCC(CC)(Cc1ccc2c(c1)OCCO2)C(=O)O. The Bertz CT molecular complexity index is 463. The van der Waals surface area contributed by atoms with Gasteiger partial charge in [-0.25, -0.2) is 0 Å². The molecule has 1 aromatic rings. The normalized spacial score (nSPS) is 14.2. The van der Waals surface area contributed by atoms with E-state index in [4.69, 9.17) is 9.47 Å². The van der Waals surface area contributed by atoms with Crippen molar-refractivity contribution >= 4 is 5.97 Å². The van der Waals surface area contributed by atoms with Crippen molar-refractivity contribution in [2.45, 2.75) is 33.1 Å². The summed E-state index contributed by atoms with van der Waals surface area (Å²) < 4.78 is 11.0. The Kier molecular flexibility index (Phi) is 3.98. The first-order chi connectivity index (χ1) is 9.11. The van der Waals surface area contributed by atoms with Gasteiger partial charge in [-0.1, -0.05) is 19.9 Å². The maximum absolute atomic E-state index is 11.5. The van der Waals surface area contributed by atoms with Crippen molar-refractivity contribution in [2.75, 3.05) is 13.2 Å². The van der Waals surface area contributed by atoms with E-state index in [0.29, 0.717) is 32.5 Å². The Hall–Kier alpha value is -1.71. The van der Waals surface area contributed by atoms with Gasteiger partial charge in [0.25, 0.3) is 0 Å². The lowest BCUT2D eigenvalue weighted by Crippen LogP contribution is -2.32. The van der Waals surface area contributed by atoms with Crippen LogP contribution < -0.4 is 9.47 Å². The number of hydrogen-bond donors (Lipinski definition) is 1. The van der Waals surface area contributed by atoms with E-state index in [-0.39, 0.29) is 0 Å². The molecule has 19 heavy (non-hydrogen) atoms. The van der Waals surface area contributed by atoms with E-state index in [9.17, 15) is 9.90 Å². The highest BCUT2D eigenvalue weighted by molar-refractivity contribution is 5.75. The third-order valence-corrected chi connectivity index (χ3v) is 3.96. The molecule has 104 valence electrons. The molecule has 0 saturated carbocycles. The predicted molar refractivity (Wildman–Crippen MR) is 71.8 cm³/mol. The van der Waals surface area contributed by atoms with E-state index >= 15 is 0 Å². The number of ether oxygens (including phenoxy) is 2. The van der Waals surface area contributed by atoms with Crippen LogP contribution in [0.3, 0.4) is 0 Å². The van der Waals surface area contributed by atoms with Crippen molar-refractivity contribution in [2.24, 2.45) is 5.41 Å².